The molecule has 1 saturated heterocycles. The van der Waals surface area contributed by atoms with E-state index in [1.165, 1.54) is 30.9 Å². The number of methoxy groups -OCH3 is 3. The molecular weight excluding hydrogens is 320 g/mol. The van der Waals surface area contributed by atoms with E-state index in [-0.39, 0.29) is 23.7 Å². The summed E-state index contributed by atoms with van der Waals surface area (Å²) in [5, 5.41) is 2.23. The monoisotopic (exact) mass is 340 g/mol. The van der Waals surface area contributed by atoms with Gasteiger partial charge in [0.25, 0.3) is 0 Å². The molecule has 23 heavy (non-hydrogen) atoms. The van der Waals surface area contributed by atoms with Crippen LogP contribution in [0, 0.1) is 0 Å². The van der Waals surface area contributed by atoms with E-state index in [2.05, 4.69) is 5.32 Å². The molecule has 8 heteroatoms. The molecule has 1 fully saturated rings. The van der Waals surface area contributed by atoms with Crippen LogP contribution in [0.3, 0.4) is 0 Å². The van der Waals surface area contributed by atoms with Crippen LogP contribution in [-0.4, -0.2) is 57.4 Å². The van der Waals surface area contributed by atoms with Crippen molar-refractivity contribution in [3.05, 3.63) is 17.7 Å². The van der Waals surface area contributed by atoms with Crippen molar-refractivity contribution in [2.75, 3.05) is 40.7 Å². The maximum absolute atomic E-state index is 12.1. The molecule has 1 heterocycles. The van der Waals surface area contributed by atoms with E-state index in [4.69, 9.17) is 14.2 Å². The molecule has 1 atom stereocenters. The zero-order valence-corrected chi connectivity index (χ0v) is 14.4. The summed E-state index contributed by atoms with van der Waals surface area (Å²) in [5.41, 5.74) is 0.768. The third kappa shape index (κ3) is 3.31. The topological polar surface area (TPSA) is 77.1 Å². The molecule has 1 aliphatic heterocycles. The van der Waals surface area contributed by atoms with Gasteiger partial charge in [-0.05, 0) is 12.1 Å². The molecule has 1 N–H and O–H groups in total. The van der Waals surface area contributed by atoms with Gasteiger partial charge in [0.15, 0.2) is 11.5 Å². The fourth-order valence-corrected chi connectivity index (χ4v) is 3.64. The van der Waals surface area contributed by atoms with Gasteiger partial charge in [0.1, 0.15) is 11.9 Å². The zero-order chi connectivity index (χ0) is 17.0. The lowest BCUT2D eigenvalue weighted by Gasteiger charge is -2.26. The minimum atomic E-state index is -0.311. The van der Waals surface area contributed by atoms with Gasteiger partial charge in [-0.3, -0.25) is 9.59 Å². The lowest BCUT2D eigenvalue weighted by molar-refractivity contribution is -0.133. The van der Waals surface area contributed by atoms with Crippen molar-refractivity contribution >= 4 is 23.6 Å². The fourth-order valence-electron chi connectivity index (χ4n) is 2.44. The van der Waals surface area contributed by atoms with Gasteiger partial charge in [0.2, 0.25) is 17.6 Å². The average molecular weight is 340 g/mol. The normalized spacial score (nSPS) is 17.1. The summed E-state index contributed by atoms with van der Waals surface area (Å²) in [4.78, 5) is 25.3. The summed E-state index contributed by atoms with van der Waals surface area (Å²) >= 11 is 1.45. The van der Waals surface area contributed by atoms with E-state index in [1.807, 2.05) is 6.07 Å². The molecule has 0 aromatic heterocycles. The van der Waals surface area contributed by atoms with Gasteiger partial charge < -0.3 is 24.4 Å². The van der Waals surface area contributed by atoms with Gasteiger partial charge in [-0.15, -0.1) is 11.8 Å². The number of hydrogen-bond donors (Lipinski definition) is 1. The van der Waals surface area contributed by atoms with Crippen LogP contribution in [0.2, 0.25) is 0 Å². The molecule has 1 aromatic rings. The highest BCUT2D eigenvalue weighted by atomic mass is 32.2. The van der Waals surface area contributed by atoms with Crippen molar-refractivity contribution in [3.63, 3.8) is 0 Å². The van der Waals surface area contributed by atoms with E-state index >= 15 is 0 Å². The minimum Gasteiger partial charge on any atom is -0.493 e. The Balaban J connectivity index is 2.43. The highest BCUT2D eigenvalue weighted by molar-refractivity contribution is 8.00. The molecule has 0 radical (unpaired) electrons. The second-order valence-electron chi connectivity index (χ2n) is 4.78. The molecule has 1 aromatic carbocycles. The highest BCUT2D eigenvalue weighted by Crippen LogP contribution is 2.48. The second kappa shape index (κ2) is 7.45. The Morgan fingerprint density at radius 2 is 1.96 bits per heavy atom. The minimum absolute atomic E-state index is 0.00446. The van der Waals surface area contributed by atoms with Crippen molar-refractivity contribution < 1.29 is 23.8 Å². The van der Waals surface area contributed by atoms with Crippen LogP contribution >= 0.6 is 11.8 Å². The lowest BCUT2D eigenvalue weighted by atomic mass is 10.1. The molecule has 0 aliphatic carbocycles. The van der Waals surface area contributed by atoms with Crippen molar-refractivity contribution in [3.8, 4) is 17.2 Å². The molecular formula is C15H20N2O5S. The Morgan fingerprint density at radius 3 is 2.52 bits per heavy atom. The van der Waals surface area contributed by atoms with Crippen LogP contribution in [0.15, 0.2) is 12.1 Å². The number of carbonyl (C=O) groups is 2. The maximum atomic E-state index is 12.1. The molecule has 0 saturated carbocycles. The summed E-state index contributed by atoms with van der Waals surface area (Å²) in [6.07, 6.45) is 0. The third-order valence-corrected chi connectivity index (χ3v) is 4.80. The number of nitrogens with zero attached hydrogens (tertiary/aromatic N) is 1. The number of ether oxygens (including phenoxy) is 3. The molecule has 7 nitrogen and oxygen atoms in total. The number of nitrogens with one attached hydrogen (secondary N) is 1. The quantitative estimate of drug-likeness (QED) is 0.834. The van der Waals surface area contributed by atoms with Crippen LogP contribution in [0.1, 0.15) is 10.9 Å². The lowest BCUT2D eigenvalue weighted by Crippen LogP contribution is -2.38. The first kappa shape index (κ1) is 17.3. The number of benzene rings is 1. The standard InChI is InChI=1S/C15H20N2O5S/c1-16-11(18)7-17-12(19)8-23-15(17)9-5-6-10(20-2)14(22-4)13(9)21-3/h5-6,15H,7-8H2,1-4H3,(H,16,18). The van der Waals surface area contributed by atoms with Gasteiger partial charge in [-0.2, -0.15) is 0 Å². The van der Waals surface area contributed by atoms with Crippen molar-refractivity contribution in [1.29, 1.82) is 0 Å². The Hall–Kier alpha value is -2.09. The SMILES string of the molecule is CNC(=O)CN1C(=O)CSC1c1ccc(OC)c(OC)c1OC. The molecule has 2 amide bonds. The number of amides is 2. The Kier molecular flexibility index (Phi) is 5.59. The first-order chi connectivity index (χ1) is 11.1. The number of hydrogen-bond acceptors (Lipinski definition) is 6. The van der Waals surface area contributed by atoms with Crippen molar-refractivity contribution in [2.24, 2.45) is 0 Å². The summed E-state index contributed by atoms with van der Waals surface area (Å²) in [6.45, 7) is 0.00446. The Morgan fingerprint density at radius 1 is 1.26 bits per heavy atom. The molecule has 2 rings (SSSR count). The van der Waals surface area contributed by atoms with Crippen molar-refractivity contribution in [1.82, 2.24) is 10.2 Å². The van der Waals surface area contributed by atoms with E-state index < -0.39 is 0 Å². The average Bonchev–Trinajstić information content (AvgIpc) is 2.93. The van der Waals surface area contributed by atoms with Gasteiger partial charge in [0, 0.05) is 12.6 Å². The molecule has 0 spiro atoms. The summed E-state index contributed by atoms with van der Waals surface area (Å²) < 4.78 is 16.1. The number of likely N-dealkylation sites (N-methyl/N-ethyl adjacent to an activating group) is 1. The Bertz CT molecular complexity index is 608. The number of thioether (sulfide) groups is 1. The maximum Gasteiger partial charge on any atom is 0.239 e. The van der Waals surface area contributed by atoms with Crippen molar-refractivity contribution in [2.45, 2.75) is 5.37 Å². The van der Waals surface area contributed by atoms with E-state index in [0.29, 0.717) is 23.0 Å². The van der Waals surface area contributed by atoms with Gasteiger partial charge in [-0.1, -0.05) is 0 Å². The number of rotatable bonds is 6. The third-order valence-electron chi connectivity index (χ3n) is 3.56. The van der Waals surface area contributed by atoms with Crippen LogP contribution < -0.4 is 19.5 Å². The number of carbonyl (C=O) groups excluding carboxylic acids is 2. The first-order valence-electron chi connectivity index (χ1n) is 6.97. The highest BCUT2D eigenvalue weighted by Gasteiger charge is 2.36. The van der Waals surface area contributed by atoms with Gasteiger partial charge in [0.05, 0.1) is 27.1 Å². The van der Waals surface area contributed by atoms with Crippen LogP contribution in [0.4, 0.5) is 0 Å². The fraction of sp³-hybridized carbons (Fsp3) is 0.467. The van der Waals surface area contributed by atoms with Crippen LogP contribution in [0.5, 0.6) is 17.2 Å². The van der Waals surface area contributed by atoms with E-state index in [0.717, 1.165) is 5.56 Å². The smallest absolute Gasteiger partial charge is 0.239 e. The van der Waals surface area contributed by atoms with Gasteiger partial charge in [-0.25, -0.2) is 0 Å². The summed E-state index contributed by atoms with van der Waals surface area (Å²) in [6, 6.07) is 3.59. The predicted octanol–water partition coefficient (Wildman–Crippen LogP) is 1.03. The predicted molar refractivity (Wildman–Crippen MR) is 87.1 cm³/mol. The molecule has 1 aliphatic rings. The summed E-state index contributed by atoms with van der Waals surface area (Å²) in [5.74, 6) is 1.53. The molecule has 1 unspecified atom stereocenters. The van der Waals surface area contributed by atoms with E-state index in [1.54, 1.807) is 20.2 Å². The zero-order valence-electron chi connectivity index (χ0n) is 13.5. The van der Waals surface area contributed by atoms with Crippen LogP contribution in [0.25, 0.3) is 0 Å². The summed E-state index contributed by atoms with van der Waals surface area (Å²) in [7, 11) is 6.15. The first-order valence-corrected chi connectivity index (χ1v) is 8.02. The molecule has 126 valence electrons. The largest absolute Gasteiger partial charge is 0.493 e. The van der Waals surface area contributed by atoms with Crippen LogP contribution in [-0.2, 0) is 9.59 Å². The van der Waals surface area contributed by atoms with E-state index in [9.17, 15) is 9.59 Å². The Labute approximate surface area is 139 Å². The second-order valence-corrected chi connectivity index (χ2v) is 5.85. The van der Waals surface area contributed by atoms with Gasteiger partial charge >= 0.3 is 0 Å². The molecule has 0 bridgehead atoms.